The fraction of sp³-hybridized carbons (Fsp3) is 0.286. The Balaban J connectivity index is 2.28. The maximum atomic E-state index is 12.2. The Morgan fingerprint density at radius 2 is 2.05 bits per heavy atom. The molecule has 100 valence electrons. The Bertz CT molecular complexity index is 605. The van der Waals surface area contributed by atoms with E-state index in [1.54, 1.807) is 18.2 Å². The minimum Gasteiger partial charge on any atom is -0.506 e. The fourth-order valence-corrected chi connectivity index (χ4v) is 2.68. The molecular formula is C14H16N2O2S. The molecule has 1 aromatic carbocycles. The number of carbonyl (C=O) groups excluding carboxylic acids is 1. The highest BCUT2D eigenvalue weighted by Gasteiger charge is 2.19. The predicted molar refractivity (Wildman–Crippen MR) is 77.0 cm³/mol. The Labute approximate surface area is 116 Å². The van der Waals surface area contributed by atoms with Crippen LogP contribution in [0.4, 0.5) is 5.69 Å². The normalized spacial score (nSPS) is 10.7. The average molecular weight is 276 g/mol. The number of thiazole rings is 1. The zero-order chi connectivity index (χ0) is 14.0. The van der Waals surface area contributed by atoms with Gasteiger partial charge in [0.25, 0.3) is 5.91 Å². The van der Waals surface area contributed by atoms with E-state index in [-0.39, 0.29) is 17.6 Å². The topological polar surface area (TPSA) is 62.2 Å². The van der Waals surface area contributed by atoms with Crippen LogP contribution in [0.15, 0.2) is 24.3 Å². The number of benzene rings is 1. The van der Waals surface area contributed by atoms with Gasteiger partial charge in [0, 0.05) is 4.88 Å². The van der Waals surface area contributed by atoms with Gasteiger partial charge < -0.3 is 10.4 Å². The molecule has 0 atom stereocenters. The van der Waals surface area contributed by atoms with Crippen LogP contribution < -0.4 is 5.32 Å². The minimum absolute atomic E-state index is 0.0499. The van der Waals surface area contributed by atoms with Gasteiger partial charge in [0.05, 0.1) is 10.7 Å². The monoisotopic (exact) mass is 276 g/mol. The summed E-state index contributed by atoms with van der Waals surface area (Å²) in [5.74, 6) is 0.0137. The predicted octanol–water partition coefficient (Wildman–Crippen LogP) is 3.53. The lowest BCUT2D eigenvalue weighted by molar-refractivity contribution is 0.102. The maximum Gasteiger partial charge on any atom is 0.275 e. The highest BCUT2D eigenvalue weighted by Crippen LogP contribution is 2.28. The number of para-hydroxylation sites is 2. The molecule has 0 aliphatic carbocycles. The lowest BCUT2D eigenvalue weighted by atomic mass is 10.1. The highest BCUT2D eigenvalue weighted by atomic mass is 32.1. The number of rotatable bonds is 3. The van der Waals surface area contributed by atoms with Crippen LogP contribution in [0.1, 0.15) is 40.1 Å². The Kier molecular flexibility index (Phi) is 3.85. The third-order valence-electron chi connectivity index (χ3n) is 2.65. The summed E-state index contributed by atoms with van der Waals surface area (Å²) in [5.41, 5.74) is 0.841. The van der Waals surface area contributed by atoms with E-state index in [9.17, 15) is 9.90 Å². The quantitative estimate of drug-likeness (QED) is 0.843. The Morgan fingerprint density at radius 3 is 2.68 bits per heavy atom. The number of aryl methyl sites for hydroxylation is 1. The summed E-state index contributed by atoms with van der Waals surface area (Å²) in [7, 11) is 0. The molecule has 0 spiro atoms. The van der Waals surface area contributed by atoms with E-state index in [1.807, 2.05) is 20.8 Å². The molecule has 0 aliphatic rings. The van der Waals surface area contributed by atoms with Gasteiger partial charge in [-0.2, -0.15) is 0 Å². The van der Waals surface area contributed by atoms with Crippen molar-refractivity contribution in [2.45, 2.75) is 26.7 Å². The van der Waals surface area contributed by atoms with Gasteiger partial charge in [0.1, 0.15) is 11.4 Å². The Hall–Kier alpha value is -1.88. The van der Waals surface area contributed by atoms with Crippen molar-refractivity contribution in [1.29, 1.82) is 0 Å². The van der Waals surface area contributed by atoms with Crippen LogP contribution in [0, 0.1) is 6.92 Å². The molecule has 1 heterocycles. The average Bonchev–Trinajstić information content (AvgIpc) is 2.74. The highest BCUT2D eigenvalue weighted by molar-refractivity contribution is 7.12. The van der Waals surface area contributed by atoms with Crippen LogP contribution in [0.25, 0.3) is 0 Å². The van der Waals surface area contributed by atoms with E-state index in [1.165, 1.54) is 17.4 Å². The summed E-state index contributed by atoms with van der Waals surface area (Å²) >= 11 is 1.53. The number of phenols is 1. The van der Waals surface area contributed by atoms with Crippen molar-refractivity contribution in [1.82, 2.24) is 4.98 Å². The molecule has 19 heavy (non-hydrogen) atoms. The molecule has 0 radical (unpaired) electrons. The molecule has 2 rings (SSSR count). The molecule has 2 N–H and O–H groups in total. The number of carbonyl (C=O) groups is 1. The minimum atomic E-state index is -0.283. The van der Waals surface area contributed by atoms with Crippen molar-refractivity contribution in [3.63, 3.8) is 0 Å². The van der Waals surface area contributed by atoms with Crippen molar-refractivity contribution in [3.8, 4) is 5.75 Å². The number of aromatic nitrogens is 1. The van der Waals surface area contributed by atoms with Crippen molar-refractivity contribution in [2.75, 3.05) is 5.32 Å². The third kappa shape index (κ3) is 2.93. The molecular weight excluding hydrogens is 260 g/mol. The van der Waals surface area contributed by atoms with Gasteiger partial charge in [-0.1, -0.05) is 26.0 Å². The molecule has 2 aromatic rings. The van der Waals surface area contributed by atoms with E-state index in [0.29, 0.717) is 11.4 Å². The summed E-state index contributed by atoms with van der Waals surface area (Å²) in [4.78, 5) is 17.5. The molecule has 0 fully saturated rings. The van der Waals surface area contributed by atoms with Crippen molar-refractivity contribution in [3.05, 3.63) is 39.8 Å². The van der Waals surface area contributed by atoms with Crippen LogP contribution in [-0.2, 0) is 0 Å². The maximum absolute atomic E-state index is 12.2. The fourth-order valence-electron chi connectivity index (χ4n) is 1.76. The molecule has 1 amide bonds. The zero-order valence-electron chi connectivity index (χ0n) is 11.1. The van der Waals surface area contributed by atoms with Gasteiger partial charge in [-0.15, -0.1) is 11.3 Å². The van der Waals surface area contributed by atoms with Crippen molar-refractivity contribution < 1.29 is 9.90 Å². The first-order valence-corrected chi connectivity index (χ1v) is 6.87. The number of phenolic OH excluding ortho intramolecular Hbond substituents is 1. The second kappa shape index (κ2) is 5.40. The third-order valence-corrected chi connectivity index (χ3v) is 3.92. The molecule has 0 bridgehead atoms. The molecule has 0 unspecified atom stereocenters. The van der Waals surface area contributed by atoms with Crippen molar-refractivity contribution in [2.24, 2.45) is 0 Å². The van der Waals surface area contributed by atoms with Gasteiger partial charge in [0.15, 0.2) is 0 Å². The summed E-state index contributed by atoms with van der Waals surface area (Å²) < 4.78 is 0. The van der Waals surface area contributed by atoms with Gasteiger partial charge in [-0.3, -0.25) is 4.79 Å². The summed E-state index contributed by atoms with van der Waals surface area (Å²) in [6.07, 6.45) is 0. The summed E-state index contributed by atoms with van der Waals surface area (Å²) in [6, 6.07) is 6.65. The van der Waals surface area contributed by atoms with E-state index < -0.39 is 0 Å². The molecule has 0 aliphatic heterocycles. The van der Waals surface area contributed by atoms with Gasteiger partial charge in [-0.05, 0) is 25.0 Å². The smallest absolute Gasteiger partial charge is 0.275 e. The van der Waals surface area contributed by atoms with Crippen molar-refractivity contribution >= 4 is 22.9 Å². The van der Waals surface area contributed by atoms with Gasteiger partial charge in [0.2, 0.25) is 0 Å². The largest absolute Gasteiger partial charge is 0.506 e. The van der Waals surface area contributed by atoms with Gasteiger partial charge in [-0.25, -0.2) is 4.98 Å². The van der Waals surface area contributed by atoms with Gasteiger partial charge >= 0.3 is 0 Å². The lowest BCUT2D eigenvalue weighted by Gasteiger charge is -2.08. The van der Waals surface area contributed by atoms with Crippen LogP contribution in [0.3, 0.4) is 0 Å². The molecule has 0 saturated carbocycles. The lowest BCUT2D eigenvalue weighted by Crippen LogP contribution is -2.14. The molecule has 4 nitrogen and oxygen atoms in total. The number of nitrogens with zero attached hydrogens (tertiary/aromatic N) is 1. The second-order valence-corrected chi connectivity index (χ2v) is 5.81. The van der Waals surface area contributed by atoms with E-state index >= 15 is 0 Å². The number of amides is 1. The van der Waals surface area contributed by atoms with E-state index in [2.05, 4.69) is 10.3 Å². The first-order valence-electron chi connectivity index (χ1n) is 6.05. The Morgan fingerprint density at radius 1 is 1.37 bits per heavy atom. The van der Waals surface area contributed by atoms with Crippen LogP contribution in [0.5, 0.6) is 5.75 Å². The standard InChI is InChI=1S/C14H16N2O2S/c1-8(2)13-12(15-9(3)19-13)14(18)16-10-6-4-5-7-11(10)17/h4-8,17H,1-3H3,(H,16,18). The molecule has 5 heteroatoms. The van der Waals surface area contributed by atoms with E-state index in [4.69, 9.17) is 0 Å². The molecule has 0 saturated heterocycles. The first-order chi connectivity index (χ1) is 8.99. The number of hydrogen-bond acceptors (Lipinski definition) is 4. The second-order valence-electron chi connectivity index (χ2n) is 4.57. The SMILES string of the molecule is Cc1nc(C(=O)Nc2ccccc2O)c(C(C)C)s1. The van der Waals surface area contributed by atoms with Crippen LogP contribution >= 0.6 is 11.3 Å². The van der Waals surface area contributed by atoms with Crippen LogP contribution in [0.2, 0.25) is 0 Å². The number of aromatic hydroxyl groups is 1. The van der Waals surface area contributed by atoms with Crippen LogP contribution in [-0.4, -0.2) is 16.0 Å². The summed E-state index contributed by atoms with van der Waals surface area (Å²) in [5, 5.41) is 13.2. The molecule has 1 aromatic heterocycles. The number of nitrogens with one attached hydrogen (secondary N) is 1. The number of anilines is 1. The zero-order valence-corrected chi connectivity index (χ0v) is 11.9. The number of hydrogen-bond donors (Lipinski definition) is 2. The first kappa shape index (κ1) is 13.5. The van der Waals surface area contributed by atoms with E-state index in [0.717, 1.165) is 9.88 Å². The summed E-state index contributed by atoms with van der Waals surface area (Å²) in [6.45, 7) is 5.95.